The lowest BCUT2D eigenvalue weighted by Gasteiger charge is -2.25. The van der Waals surface area contributed by atoms with Crippen molar-refractivity contribution in [2.75, 3.05) is 13.6 Å². The summed E-state index contributed by atoms with van der Waals surface area (Å²) in [5, 5.41) is 12.4. The normalized spacial score (nSPS) is 12.1. The van der Waals surface area contributed by atoms with Gasteiger partial charge in [0.1, 0.15) is 0 Å². The minimum Gasteiger partial charge on any atom is -0.311 e. The Kier molecular flexibility index (Phi) is 6.14. The van der Waals surface area contributed by atoms with Crippen molar-refractivity contribution in [3.05, 3.63) is 71.3 Å². The zero-order chi connectivity index (χ0) is 15.8. The molecule has 22 heavy (non-hydrogen) atoms. The van der Waals surface area contributed by atoms with Crippen LogP contribution >= 0.6 is 0 Å². The maximum Gasteiger partial charge on any atom is 0.0991 e. The van der Waals surface area contributed by atoms with Gasteiger partial charge in [-0.2, -0.15) is 5.26 Å². The highest BCUT2D eigenvalue weighted by molar-refractivity contribution is 5.32. The van der Waals surface area contributed by atoms with Gasteiger partial charge in [-0.25, -0.2) is 0 Å². The predicted octanol–water partition coefficient (Wildman–Crippen LogP) is 3.17. The number of hydrogen-bond donors (Lipinski definition) is 1. The van der Waals surface area contributed by atoms with Gasteiger partial charge in [0.15, 0.2) is 0 Å². The monoisotopic (exact) mass is 293 g/mol. The van der Waals surface area contributed by atoms with E-state index in [1.807, 2.05) is 30.3 Å². The molecular formula is C19H23N3. The molecule has 2 rings (SSSR count). The van der Waals surface area contributed by atoms with Crippen molar-refractivity contribution in [2.45, 2.75) is 26.1 Å². The molecule has 3 heteroatoms. The second kappa shape index (κ2) is 8.33. The van der Waals surface area contributed by atoms with Crippen molar-refractivity contribution in [1.29, 1.82) is 5.26 Å². The van der Waals surface area contributed by atoms with Crippen molar-refractivity contribution in [1.82, 2.24) is 10.2 Å². The molecule has 0 aromatic heterocycles. The maximum atomic E-state index is 8.91. The molecular weight excluding hydrogens is 270 g/mol. The number of nitrogens with one attached hydrogen (secondary N) is 1. The van der Waals surface area contributed by atoms with Crippen LogP contribution < -0.4 is 5.32 Å². The summed E-state index contributed by atoms with van der Waals surface area (Å²) in [6.07, 6.45) is 0. The molecule has 2 aromatic rings. The molecule has 0 aliphatic rings. The topological polar surface area (TPSA) is 39.1 Å². The van der Waals surface area contributed by atoms with E-state index in [0.717, 1.165) is 25.2 Å². The molecule has 1 N–H and O–H groups in total. The molecule has 2 aromatic carbocycles. The predicted molar refractivity (Wildman–Crippen MR) is 90.2 cm³/mol. The van der Waals surface area contributed by atoms with Gasteiger partial charge < -0.3 is 5.32 Å². The molecule has 0 bridgehead atoms. The van der Waals surface area contributed by atoms with E-state index in [0.29, 0.717) is 11.6 Å². The fraction of sp³-hybridized carbons (Fsp3) is 0.316. The van der Waals surface area contributed by atoms with Gasteiger partial charge >= 0.3 is 0 Å². The number of nitrogens with zero attached hydrogens (tertiary/aromatic N) is 2. The molecule has 3 nitrogen and oxygen atoms in total. The van der Waals surface area contributed by atoms with Crippen LogP contribution in [0.4, 0.5) is 0 Å². The first-order valence-electron chi connectivity index (χ1n) is 7.63. The third kappa shape index (κ3) is 5.00. The van der Waals surface area contributed by atoms with Gasteiger partial charge in [0.25, 0.3) is 0 Å². The Bertz CT molecular complexity index is 616. The van der Waals surface area contributed by atoms with Crippen molar-refractivity contribution in [3.8, 4) is 6.07 Å². The fourth-order valence-electron chi connectivity index (χ4n) is 2.36. The van der Waals surface area contributed by atoms with Crippen LogP contribution in [0.25, 0.3) is 0 Å². The van der Waals surface area contributed by atoms with E-state index in [1.165, 1.54) is 5.56 Å². The minimum atomic E-state index is 0.444. The summed E-state index contributed by atoms with van der Waals surface area (Å²) < 4.78 is 0. The van der Waals surface area contributed by atoms with E-state index < -0.39 is 0 Å². The first-order chi connectivity index (χ1) is 10.7. The van der Waals surface area contributed by atoms with Gasteiger partial charge in [0.2, 0.25) is 0 Å². The highest BCUT2D eigenvalue weighted by atomic mass is 15.1. The lowest BCUT2D eigenvalue weighted by atomic mass is 10.1. The second-order valence-corrected chi connectivity index (χ2v) is 5.69. The lowest BCUT2D eigenvalue weighted by molar-refractivity contribution is 0.242. The van der Waals surface area contributed by atoms with Crippen LogP contribution in [0, 0.1) is 11.3 Å². The molecule has 1 unspecified atom stereocenters. The van der Waals surface area contributed by atoms with Crippen LogP contribution in [-0.4, -0.2) is 24.5 Å². The largest absolute Gasteiger partial charge is 0.311 e. The lowest BCUT2D eigenvalue weighted by Crippen LogP contribution is -2.37. The summed E-state index contributed by atoms with van der Waals surface area (Å²) in [4.78, 5) is 2.34. The van der Waals surface area contributed by atoms with E-state index in [9.17, 15) is 0 Å². The second-order valence-electron chi connectivity index (χ2n) is 5.69. The molecule has 114 valence electrons. The maximum absolute atomic E-state index is 8.91. The Morgan fingerprint density at radius 1 is 1.09 bits per heavy atom. The highest BCUT2D eigenvalue weighted by Gasteiger charge is 2.09. The highest BCUT2D eigenvalue weighted by Crippen LogP contribution is 2.06. The first-order valence-corrected chi connectivity index (χ1v) is 7.63. The summed E-state index contributed by atoms with van der Waals surface area (Å²) in [6.45, 7) is 4.88. The van der Waals surface area contributed by atoms with E-state index >= 15 is 0 Å². The molecule has 0 amide bonds. The fourth-order valence-corrected chi connectivity index (χ4v) is 2.36. The molecule has 0 spiro atoms. The van der Waals surface area contributed by atoms with E-state index in [4.69, 9.17) is 5.26 Å². The van der Waals surface area contributed by atoms with Gasteiger partial charge in [0.05, 0.1) is 11.6 Å². The third-order valence-electron chi connectivity index (χ3n) is 3.85. The number of rotatable bonds is 7. The standard InChI is InChI=1S/C19H23N3/c1-16(22(2)15-17-7-4-3-5-8-17)13-21-14-19-10-6-9-18(11-19)12-20/h3-11,16,21H,13-15H2,1-2H3. The Hall–Kier alpha value is -2.15. The Morgan fingerprint density at radius 3 is 2.55 bits per heavy atom. The van der Waals surface area contributed by atoms with E-state index in [2.05, 4.69) is 54.5 Å². The van der Waals surface area contributed by atoms with Gasteiger partial charge in [0, 0.05) is 25.7 Å². The SMILES string of the molecule is CC(CNCc1cccc(C#N)c1)N(C)Cc1ccccc1. The van der Waals surface area contributed by atoms with Crippen LogP contribution in [-0.2, 0) is 13.1 Å². The third-order valence-corrected chi connectivity index (χ3v) is 3.85. The Balaban J connectivity index is 1.77. The Labute approximate surface area is 133 Å². The number of benzene rings is 2. The number of hydrogen-bond acceptors (Lipinski definition) is 3. The summed E-state index contributed by atoms with van der Waals surface area (Å²) in [5.74, 6) is 0. The van der Waals surface area contributed by atoms with Crippen molar-refractivity contribution in [2.24, 2.45) is 0 Å². The average Bonchev–Trinajstić information content (AvgIpc) is 2.56. The van der Waals surface area contributed by atoms with E-state index in [-0.39, 0.29) is 0 Å². The van der Waals surface area contributed by atoms with Crippen LogP contribution in [0.2, 0.25) is 0 Å². The van der Waals surface area contributed by atoms with Crippen LogP contribution in [0.15, 0.2) is 54.6 Å². The summed E-state index contributed by atoms with van der Waals surface area (Å²) in [6, 6.07) is 20.9. The molecule has 0 saturated heterocycles. The smallest absolute Gasteiger partial charge is 0.0991 e. The Morgan fingerprint density at radius 2 is 1.82 bits per heavy atom. The summed E-state index contributed by atoms with van der Waals surface area (Å²) >= 11 is 0. The molecule has 0 fully saturated rings. The molecule has 0 radical (unpaired) electrons. The van der Waals surface area contributed by atoms with Gasteiger partial charge in [-0.05, 0) is 37.2 Å². The van der Waals surface area contributed by atoms with Crippen LogP contribution in [0.1, 0.15) is 23.6 Å². The average molecular weight is 293 g/mol. The van der Waals surface area contributed by atoms with Crippen molar-refractivity contribution < 1.29 is 0 Å². The van der Waals surface area contributed by atoms with Gasteiger partial charge in [-0.15, -0.1) is 0 Å². The quantitative estimate of drug-likeness (QED) is 0.852. The van der Waals surface area contributed by atoms with Crippen molar-refractivity contribution >= 4 is 0 Å². The zero-order valence-electron chi connectivity index (χ0n) is 13.3. The number of likely N-dealkylation sites (N-methyl/N-ethyl adjacent to an activating group) is 1. The van der Waals surface area contributed by atoms with E-state index in [1.54, 1.807) is 0 Å². The number of nitriles is 1. The van der Waals surface area contributed by atoms with Crippen molar-refractivity contribution in [3.63, 3.8) is 0 Å². The summed E-state index contributed by atoms with van der Waals surface area (Å²) in [5.41, 5.74) is 3.20. The molecule has 1 atom stereocenters. The molecule has 0 heterocycles. The summed E-state index contributed by atoms with van der Waals surface area (Å²) in [7, 11) is 2.15. The minimum absolute atomic E-state index is 0.444. The van der Waals surface area contributed by atoms with Crippen LogP contribution in [0.5, 0.6) is 0 Å². The molecule has 0 aliphatic carbocycles. The molecule has 0 saturated carbocycles. The van der Waals surface area contributed by atoms with Crippen LogP contribution in [0.3, 0.4) is 0 Å². The molecule has 0 aliphatic heterocycles. The van der Waals surface area contributed by atoms with Gasteiger partial charge in [-0.1, -0.05) is 42.5 Å². The first kappa shape index (κ1) is 16.2. The van der Waals surface area contributed by atoms with Gasteiger partial charge in [-0.3, -0.25) is 4.90 Å². The zero-order valence-corrected chi connectivity index (χ0v) is 13.3.